The molecule has 0 aliphatic carbocycles. The minimum atomic E-state index is -0.595. The minimum absolute atomic E-state index is 0.0128. The van der Waals surface area contributed by atoms with E-state index in [4.69, 9.17) is 15.2 Å². The van der Waals surface area contributed by atoms with Crippen LogP contribution >= 0.6 is 11.8 Å². The maximum atomic E-state index is 12.5. The van der Waals surface area contributed by atoms with Gasteiger partial charge in [-0.05, 0) is 48.2 Å². The summed E-state index contributed by atoms with van der Waals surface area (Å²) in [4.78, 5) is 28.9. The lowest BCUT2D eigenvalue weighted by Crippen LogP contribution is -2.31. The first-order valence-electron chi connectivity index (χ1n) is 15.0. The number of aromatic nitrogens is 3. The van der Waals surface area contributed by atoms with E-state index in [0.717, 1.165) is 28.3 Å². The molecule has 45 heavy (non-hydrogen) atoms. The number of benzene rings is 3. The zero-order valence-electron chi connectivity index (χ0n) is 24.9. The average molecular weight is 631 g/mol. The molecule has 0 saturated carbocycles. The number of H-pyrrole nitrogens is 1. The largest absolute Gasteiger partial charge is 0.397 e. The Labute approximate surface area is 266 Å². The van der Waals surface area contributed by atoms with Crippen molar-refractivity contribution >= 4 is 40.6 Å². The van der Waals surface area contributed by atoms with E-state index in [2.05, 4.69) is 25.8 Å². The predicted molar refractivity (Wildman–Crippen MR) is 173 cm³/mol. The number of unbranched alkanes of at least 4 members (excludes halogenated alkanes) is 2. The third kappa shape index (κ3) is 9.63. The lowest BCUT2D eigenvalue weighted by Gasteiger charge is -2.36. The summed E-state index contributed by atoms with van der Waals surface area (Å²) in [7, 11) is 0. The Kier molecular flexibility index (Phi) is 11.6. The third-order valence-corrected chi connectivity index (χ3v) is 8.43. The summed E-state index contributed by atoms with van der Waals surface area (Å²) in [6.07, 6.45) is 4.12. The zero-order chi connectivity index (χ0) is 31.4. The number of aromatic amines is 1. The number of thioether (sulfide) groups is 1. The van der Waals surface area contributed by atoms with Crippen LogP contribution < -0.4 is 16.4 Å². The van der Waals surface area contributed by atoms with Gasteiger partial charge >= 0.3 is 0 Å². The van der Waals surface area contributed by atoms with Crippen LogP contribution in [0.5, 0.6) is 0 Å². The summed E-state index contributed by atoms with van der Waals surface area (Å²) in [6, 6.07) is 22.4. The number of nitrogens with zero attached hydrogens (tertiary/aromatic N) is 2. The number of nitrogens with two attached hydrogens (primary N) is 1. The molecule has 4 aromatic rings. The van der Waals surface area contributed by atoms with Crippen LogP contribution in [0.4, 0.5) is 17.1 Å². The number of aliphatic hydroxyl groups excluding tert-OH is 1. The smallest absolute Gasteiger partial charge is 0.224 e. The first-order valence-corrected chi connectivity index (χ1v) is 16.0. The van der Waals surface area contributed by atoms with Gasteiger partial charge in [0.25, 0.3) is 0 Å². The van der Waals surface area contributed by atoms with Crippen LogP contribution in [-0.4, -0.2) is 44.0 Å². The summed E-state index contributed by atoms with van der Waals surface area (Å²) in [6.45, 7) is -0.0128. The summed E-state index contributed by atoms with van der Waals surface area (Å²) in [5.41, 5.74) is 10.4. The number of carbonyl (C=O) groups excluding carboxylic acids is 2. The van der Waals surface area contributed by atoms with Gasteiger partial charge in [-0.2, -0.15) is 5.10 Å². The number of aliphatic hydroxyl groups is 1. The topological polar surface area (TPSA) is 164 Å². The van der Waals surface area contributed by atoms with Crippen molar-refractivity contribution in [2.75, 3.05) is 22.1 Å². The molecule has 0 spiro atoms. The van der Waals surface area contributed by atoms with E-state index in [1.54, 1.807) is 23.9 Å². The molecule has 1 fully saturated rings. The fraction of sp³-hybridized carbons (Fsp3) is 0.333. The van der Waals surface area contributed by atoms with E-state index < -0.39 is 6.29 Å². The Hall–Kier alpha value is -4.23. The van der Waals surface area contributed by atoms with Gasteiger partial charge in [0.2, 0.25) is 11.8 Å². The number of anilines is 3. The van der Waals surface area contributed by atoms with Gasteiger partial charge in [-0.1, -0.05) is 66.7 Å². The molecule has 236 valence electrons. The second-order valence-corrected chi connectivity index (χ2v) is 11.8. The highest BCUT2D eigenvalue weighted by Gasteiger charge is 2.32. The monoisotopic (exact) mass is 630 g/mol. The number of para-hydroxylation sites is 2. The molecule has 3 atom stereocenters. The van der Waals surface area contributed by atoms with Crippen LogP contribution in [0.25, 0.3) is 0 Å². The molecular weight excluding hydrogens is 592 g/mol. The highest BCUT2D eigenvalue weighted by Crippen LogP contribution is 2.39. The molecule has 2 amide bonds. The van der Waals surface area contributed by atoms with E-state index in [0.29, 0.717) is 54.9 Å². The predicted octanol–water partition coefficient (Wildman–Crippen LogP) is 5.74. The van der Waals surface area contributed by atoms with Crippen molar-refractivity contribution < 1.29 is 24.2 Å². The SMILES string of the molecule is Nc1ccccc1NC(=O)CCCCCC(=O)Nc1ccc([C@H]2O[C@@H](CSc3ncn[nH]3)C[C@@H](c3ccc(CO)cc3)O2)cc1. The minimum Gasteiger partial charge on any atom is -0.397 e. The molecule has 11 nitrogen and oxygen atoms in total. The molecule has 5 rings (SSSR count). The maximum absolute atomic E-state index is 12.5. The average Bonchev–Trinajstić information content (AvgIpc) is 3.59. The number of rotatable bonds is 14. The molecule has 3 aromatic carbocycles. The molecule has 12 heteroatoms. The molecular formula is C33H38N6O5S. The summed E-state index contributed by atoms with van der Waals surface area (Å²) in [5.74, 6) is 0.500. The van der Waals surface area contributed by atoms with Crippen molar-refractivity contribution in [1.82, 2.24) is 15.2 Å². The molecule has 1 aromatic heterocycles. The maximum Gasteiger partial charge on any atom is 0.224 e. The van der Waals surface area contributed by atoms with Crippen LogP contribution in [0.1, 0.15) is 67.6 Å². The van der Waals surface area contributed by atoms with Crippen LogP contribution in [0.15, 0.2) is 84.3 Å². The van der Waals surface area contributed by atoms with Gasteiger partial charge in [0, 0.05) is 36.3 Å². The number of amides is 2. The van der Waals surface area contributed by atoms with Gasteiger partial charge in [0.05, 0.1) is 30.2 Å². The fourth-order valence-corrected chi connectivity index (χ4v) is 5.77. The van der Waals surface area contributed by atoms with Gasteiger partial charge in [-0.25, -0.2) is 4.98 Å². The van der Waals surface area contributed by atoms with Crippen molar-refractivity contribution in [1.29, 1.82) is 0 Å². The molecule has 0 bridgehead atoms. The Balaban J connectivity index is 1.10. The van der Waals surface area contributed by atoms with Crippen molar-refractivity contribution in [3.63, 3.8) is 0 Å². The number of nitrogen functional groups attached to an aromatic ring is 1. The fourth-order valence-electron chi connectivity index (χ4n) is 4.98. The molecule has 0 unspecified atom stereocenters. The number of nitrogens with one attached hydrogen (secondary N) is 3. The quantitative estimate of drug-likeness (QED) is 0.0663. The third-order valence-electron chi connectivity index (χ3n) is 7.42. The Morgan fingerprint density at radius 3 is 2.31 bits per heavy atom. The number of hydrogen-bond donors (Lipinski definition) is 5. The van der Waals surface area contributed by atoms with E-state index in [1.165, 1.54) is 6.33 Å². The lowest BCUT2D eigenvalue weighted by molar-refractivity contribution is -0.245. The van der Waals surface area contributed by atoms with Crippen molar-refractivity contribution in [2.45, 2.75) is 68.8 Å². The van der Waals surface area contributed by atoms with Gasteiger partial charge in [-0.3, -0.25) is 14.7 Å². The highest BCUT2D eigenvalue weighted by molar-refractivity contribution is 7.99. The standard InChI is InChI=1S/C33H38N6O5S/c34-27-6-4-5-7-28(27)38-31(42)9-3-1-2-8-30(41)37-25-16-14-24(15-17-25)32-43-26(20-45-33-35-21-36-39-33)18-29(44-32)23-12-10-22(19-40)11-13-23/h4-7,10-17,21,26,29,32,40H,1-3,8-9,18-20,34H2,(H,37,41)(H,38,42)(H,35,36,39)/t26-,29+,32+/m1/s1. The van der Waals surface area contributed by atoms with E-state index >= 15 is 0 Å². The van der Waals surface area contributed by atoms with Gasteiger partial charge in [-0.15, -0.1) is 0 Å². The van der Waals surface area contributed by atoms with Gasteiger partial charge < -0.3 is 30.9 Å². The molecule has 1 saturated heterocycles. The zero-order valence-corrected chi connectivity index (χ0v) is 25.7. The summed E-state index contributed by atoms with van der Waals surface area (Å²) < 4.78 is 12.8. The second-order valence-electron chi connectivity index (χ2n) is 10.8. The Morgan fingerprint density at radius 1 is 0.911 bits per heavy atom. The highest BCUT2D eigenvalue weighted by atomic mass is 32.2. The first kappa shape index (κ1) is 32.2. The van der Waals surface area contributed by atoms with E-state index in [9.17, 15) is 14.7 Å². The van der Waals surface area contributed by atoms with Crippen LogP contribution in [-0.2, 0) is 25.7 Å². The summed E-state index contributed by atoms with van der Waals surface area (Å²) >= 11 is 1.54. The van der Waals surface area contributed by atoms with Crippen LogP contribution in [0, 0.1) is 0 Å². The van der Waals surface area contributed by atoms with Crippen molar-refractivity contribution in [3.05, 3.63) is 95.8 Å². The molecule has 0 radical (unpaired) electrons. The molecule has 1 aliphatic rings. The second kappa shape index (κ2) is 16.2. The number of carbonyl (C=O) groups is 2. The summed E-state index contributed by atoms with van der Waals surface area (Å²) in [5, 5.41) is 22.7. The van der Waals surface area contributed by atoms with Crippen LogP contribution in [0.3, 0.4) is 0 Å². The first-order chi connectivity index (χ1) is 22.0. The van der Waals surface area contributed by atoms with Crippen molar-refractivity contribution in [3.8, 4) is 0 Å². The molecule has 6 N–H and O–H groups in total. The van der Waals surface area contributed by atoms with Gasteiger partial charge in [0.1, 0.15) is 6.33 Å². The van der Waals surface area contributed by atoms with Gasteiger partial charge in [0.15, 0.2) is 11.4 Å². The Bertz CT molecular complexity index is 1520. The Morgan fingerprint density at radius 2 is 1.62 bits per heavy atom. The normalized spacial score (nSPS) is 17.9. The van der Waals surface area contributed by atoms with E-state index in [-0.39, 0.29) is 30.6 Å². The lowest BCUT2D eigenvalue weighted by atomic mass is 10.0. The van der Waals surface area contributed by atoms with E-state index in [1.807, 2.05) is 60.7 Å². The number of ether oxygens (including phenoxy) is 2. The molecule has 1 aliphatic heterocycles. The molecule has 2 heterocycles. The van der Waals surface area contributed by atoms with Crippen molar-refractivity contribution in [2.24, 2.45) is 0 Å². The number of hydrogen-bond acceptors (Lipinski definition) is 9. The van der Waals surface area contributed by atoms with Crippen LogP contribution in [0.2, 0.25) is 0 Å².